The van der Waals surface area contributed by atoms with Crippen molar-refractivity contribution in [1.82, 2.24) is 0 Å². The summed E-state index contributed by atoms with van der Waals surface area (Å²) in [6.07, 6.45) is 0. The fourth-order valence-electron chi connectivity index (χ4n) is 1.04. The molecule has 0 aliphatic rings. The van der Waals surface area contributed by atoms with Crippen molar-refractivity contribution < 1.29 is 9.53 Å². The Labute approximate surface area is 102 Å². The number of ether oxygens (including phenoxy) is 1. The normalized spacial score (nSPS) is 14.5. The Hall–Kier alpha value is -0.290. The fourth-order valence-corrected chi connectivity index (χ4v) is 1.96. The highest BCUT2D eigenvalue weighted by Crippen LogP contribution is 2.29. The highest BCUT2D eigenvalue weighted by Gasteiger charge is 2.25. The van der Waals surface area contributed by atoms with Crippen LogP contribution in [0.5, 0.6) is 0 Å². The van der Waals surface area contributed by atoms with Crippen LogP contribution in [0.15, 0.2) is 30.3 Å². The SMILES string of the molecule is COC(=O)[C@H](I)[C@H](Cl)c1ccccc1. The molecule has 0 saturated carbocycles. The van der Waals surface area contributed by atoms with Gasteiger partial charge in [0.2, 0.25) is 0 Å². The first-order valence-corrected chi connectivity index (χ1v) is 5.76. The van der Waals surface area contributed by atoms with E-state index >= 15 is 0 Å². The maximum absolute atomic E-state index is 11.2. The van der Waals surface area contributed by atoms with Crippen LogP contribution in [-0.2, 0) is 9.53 Å². The molecule has 1 aromatic rings. The minimum Gasteiger partial charge on any atom is -0.468 e. The fraction of sp³-hybridized carbons (Fsp3) is 0.300. The van der Waals surface area contributed by atoms with Gasteiger partial charge in [0.05, 0.1) is 12.5 Å². The largest absolute Gasteiger partial charge is 0.468 e. The number of halogens is 2. The van der Waals surface area contributed by atoms with Gasteiger partial charge in [-0.25, -0.2) is 0 Å². The molecule has 14 heavy (non-hydrogen) atoms. The van der Waals surface area contributed by atoms with Crippen LogP contribution in [0.3, 0.4) is 0 Å². The van der Waals surface area contributed by atoms with E-state index in [1.807, 2.05) is 52.9 Å². The van der Waals surface area contributed by atoms with E-state index in [-0.39, 0.29) is 15.3 Å². The smallest absolute Gasteiger partial charge is 0.320 e. The lowest BCUT2D eigenvalue weighted by molar-refractivity contribution is -0.139. The summed E-state index contributed by atoms with van der Waals surface area (Å²) in [5.41, 5.74) is 0.930. The molecule has 0 heterocycles. The predicted octanol–water partition coefficient (Wildman–Crippen LogP) is 2.94. The monoisotopic (exact) mass is 324 g/mol. The number of hydrogen-bond donors (Lipinski definition) is 0. The Bertz CT molecular complexity index is 302. The van der Waals surface area contributed by atoms with Crippen LogP contribution < -0.4 is 0 Å². The highest BCUT2D eigenvalue weighted by atomic mass is 127. The van der Waals surface area contributed by atoms with Crippen molar-refractivity contribution in [3.63, 3.8) is 0 Å². The van der Waals surface area contributed by atoms with Crippen LogP contribution in [0.2, 0.25) is 0 Å². The van der Waals surface area contributed by atoms with Crippen LogP contribution >= 0.6 is 34.2 Å². The number of carbonyl (C=O) groups is 1. The zero-order valence-corrected chi connectivity index (χ0v) is 10.5. The van der Waals surface area contributed by atoms with Gasteiger partial charge in [-0.05, 0) is 5.56 Å². The third-order valence-corrected chi connectivity index (χ3v) is 3.96. The number of hydrogen-bond acceptors (Lipinski definition) is 2. The predicted molar refractivity (Wildman–Crippen MR) is 64.9 cm³/mol. The molecule has 0 unspecified atom stereocenters. The highest BCUT2D eigenvalue weighted by molar-refractivity contribution is 14.1. The van der Waals surface area contributed by atoms with Crippen molar-refractivity contribution in [1.29, 1.82) is 0 Å². The minimum atomic E-state index is -0.360. The van der Waals surface area contributed by atoms with Gasteiger partial charge in [0.15, 0.2) is 0 Å². The molecule has 1 aromatic carbocycles. The van der Waals surface area contributed by atoms with Crippen LogP contribution in [0, 0.1) is 0 Å². The van der Waals surface area contributed by atoms with Crippen LogP contribution in [0.1, 0.15) is 10.9 Å². The van der Waals surface area contributed by atoms with Gasteiger partial charge < -0.3 is 4.74 Å². The summed E-state index contributed by atoms with van der Waals surface area (Å²) in [5.74, 6) is -0.297. The molecule has 0 aliphatic heterocycles. The van der Waals surface area contributed by atoms with Gasteiger partial charge in [0.25, 0.3) is 0 Å². The van der Waals surface area contributed by atoms with E-state index in [2.05, 4.69) is 4.74 Å². The lowest BCUT2D eigenvalue weighted by Gasteiger charge is -2.14. The third kappa shape index (κ3) is 2.85. The van der Waals surface area contributed by atoms with Crippen molar-refractivity contribution >= 4 is 40.2 Å². The van der Waals surface area contributed by atoms with Gasteiger partial charge in [-0.3, -0.25) is 4.79 Å². The average molecular weight is 325 g/mol. The number of alkyl halides is 2. The maximum atomic E-state index is 11.2. The molecule has 0 bridgehead atoms. The van der Waals surface area contributed by atoms with Gasteiger partial charge in [-0.1, -0.05) is 52.9 Å². The van der Waals surface area contributed by atoms with Crippen molar-refractivity contribution in [3.05, 3.63) is 35.9 Å². The van der Waals surface area contributed by atoms with Crippen molar-refractivity contribution in [2.24, 2.45) is 0 Å². The molecule has 0 N–H and O–H groups in total. The second-order valence-corrected chi connectivity index (χ2v) is 4.55. The number of benzene rings is 1. The van der Waals surface area contributed by atoms with Gasteiger partial charge in [0.1, 0.15) is 3.92 Å². The third-order valence-electron chi connectivity index (χ3n) is 1.80. The Balaban J connectivity index is 2.75. The number of rotatable bonds is 3. The molecule has 0 amide bonds. The number of methoxy groups -OCH3 is 1. The molecule has 76 valence electrons. The van der Waals surface area contributed by atoms with Gasteiger partial charge in [-0.2, -0.15) is 0 Å². The van der Waals surface area contributed by atoms with E-state index < -0.39 is 0 Å². The summed E-state index contributed by atoms with van der Waals surface area (Å²) in [6, 6.07) is 9.49. The van der Waals surface area contributed by atoms with E-state index in [9.17, 15) is 4.79 Å². The summed E-state index contributed by atoms with van der Waals surface area (Å²) < 4.78 is 4.26. The molecule has 2 nitrogen and oxygen atoms in total. The summed E-state index contributed by atoms with van der Waals surface area (Å²) >= 11 is 8.11. The standard InChI is InChI=1S/C10H10ClIO2/c1-14-10(13)9(12)8(11)7-5-3-2-4-6-7/h2-6,8-9H,1H3/t8-,9-/m1/s1. The van der Waals surface area contributed by atoms with E-state index in [0.29, 0.717) is 0 Å². The first-order chi connectivity index (χ1) is 6.66. The first-order valence-electron chi connectivity index (χ1n) is 4.07. The van der Waals surface area contributed by atoms with E-state index in [1.165, 1.54) is 7.11 Å². The van der Waals surface area contributed by atoms with Crippen molar-refractivity contribution in [3.8, 4) is 0 Å². The number of esters is 1. The quantitative estimate of drug-likeness (QED) is 0.485. The second kappa shape index (κ2) is 5.56. The zero-order chi connectivity index (χ0) is 10.6. The van der Waals surface area contributed by atoms with Crippen molar-refractivity contribution in [2.75, 3.05) is 7.11 Å². The van der Waals surface area contributed by atoms with E-state index in [4.69, 9.17) is 11.6 Å². The molecule has 0 radical (unpaired) electrons. The summed E-state index contributed by atoms with van der Waals surface area (Å²) in [7, 11) is 1.36. The summed E-state index contributed by atoms with van der Waals surface area (Å²) in [4.78, 5) is 11.2. The molecule has 0 saturated heterocycles. The Morgan fingerprint density at radius 1 is 1.43 bits per heavy atom. The second-order valence-electron chi connectivity index (χ2n) is 2.74. The average Bonchev–Trinajstić information content (AvgIpc) is 2.27. The Morgan fingerprint density at radius 3 is 2.50 bits per heavy atom. The molecular formula is C10H10ClIO2. The van der Waals surface area contributed by atoms with Crippen molar-refractivity contribution in [2.45, 2.75) is 9.30 Å². The minimum absolute atomic E-state index is 0.297. The lowest BCUT2D eigenvalue weighted by atomic mass is 10.1. The lowest BCUT2D eigenvalue weighted by Crippen LogP contribution is -2.20. The van der Waals surface area contributed by atoms with Crippen LogP contribution in [-0.4, -0.2) is 17.0 Å². The van der Waals surface area contributed by atoms with Gasteiger partial charge >= 0.3 is 5.97 Å². The molecule has 0 fully saturated rings. The molecule has 4 heteroatoms. The van der Waals surface area contributed by atoms with E-state index in [0.717, 1.165) is 5.56 Å². The molecule has 0 spiro atoms. The maximum Gasteiger partial charge on any atom is 0.320 e. The summed E-state index contributed by atoms with van der Waals surface area (Å²) in [6.45, 7) is 0. The van der Waals surface area contributed by atoms with Gasteiger partial charge in [0, 0.05) is 0 Å². The first kappa shape index (κ1) is 11.8. The molecular weight excluding hydrogens is 314 g/mol. The number of carbonyl (C=O) groups excluding carboxylic acids is 1. The molecule has 0 aliphatic carbocycles. The zero-order valence-electron chi connectivity index (χ0n) is 7.61. The Morgan fingerprint density at radius 2 is 2.00 bits per heavy atom. The molecule has 1 rings (SSSR count). The Kier molecular flexibility index (Phi) is 4.68. The topological polar surface area (TPSA) is 26.3 Å². The molecule has 0 aromatic heterocycles. The molecule has 2 atom stereocenters. The van der Waals surface area contributed by atoms with E-state index in [1.54, 1.807) is 0 Å². The van der Waals surface area contributed by atoms with Crippen LogP contribution in [0.4, 0.5) is 0 Å². The van der Waals surface area contributed by atoms with Crippen LogP contribution in [0.25, 0.3) is 0 Å². The van der Waals surface area contributed by atoms with Gasteiger partial charge in [-0.15, -0.1) is 11.6 Å². The summed E-state index contributed by atoms with van der Waals surface area (Å²) in [5, 5.41) is -0.343.